The largest absolute Gasteiger partial charge is 0.459 e. The number of unbranched alkanes of at least 4 members (excludes halogenated alkanes) is 2. The number of carbonyl (C=O) groups excluding carboxylic acids is 1. The van der Waals surface area contributed by atoms with Crippen LogP contribution in [0.5, 0.6) is 0 Å². The standard InChI is InChI=1S/C15H26O5/c1-3-4-5-6-10-11-7-8-12(19-11)14(17)13(16)9(2)15(18)20-10/h9-14,16-17H,3-8H2,1-2H3/t9-,10-,11+,12-,13+,14-/m1/s1. The number of cyclic esters (lactones) is 1. The number of hydrogen-bond donors (Lipinski definition) is 2. The van der Waals surface area contributed by atoms with E-state index in [2.05, 4.69) is 6.92 Å². The molecule has 0 aromatic carbocycles. The highest BCUT2D eigenvalue weighted by molar-refractivity contribution is 5.73. The number of aliphatic hydroxyl groups is 2. The molecule has 20 heavy (non-hydrogen) atoms. The van der Waals surface area contributed by atoms with Crippen LogP contribution in [0.2, 0.25) is 0 Å². The van der Waals surface area contributed by atoms with Crippen LogP contribution in [0.15, 0.2) is 0 Å². The van der Waals surface area contributed by atoms with Gasteiger partial charge in [0.15, 0.2) is 0 Å². The maximum Gasteiger partial charge on any atom is 0.311 e. The molecular formula is C15H26O5. The van der Waals surface area contributed by atoms with Crippen LogP contribution in [0.25, 0.3) is 0 Å². The van der Waals surface area contributed by atoms with Crippen molar-refractivity contribution in [1.29, 1.82) is 0 Å². The molecule has 116 valence electrons. The van der Waals surface area contributed by atoms with E-state index in [0.29, 0.717) is 6.42 Å². The van der Waals surface area contributed by atoms with Gasteiger partial charge in [-0.05, 0) is 32.6 Å². The van der Waals surface area contributed by atoms with Crippen molar-refractivity contribution in [2.75, 3.05) is 0 Å². The second-order valence-electron chi connectivity index (χ2n) is 6.03. The van der Waals surface area contributed by atoms with E-state index in [1.54, 1.807) is 6.92 Å². The fourth-order valence-corrected chi connectivity index (χ4v) is 3.04. The quantitative estimate of drug-likeness (QED) is 0.603. The van der Waals surface area contributed by atoms with Gasteiger partial charge >= 0.3 is 5.97 Å². The normalized spacial score (nSPS) is 41.7. The number of aliphatic hydroxyl groups excluding tert-OH is 2. The third kappa shape index (κ3) is 3.32. The van der Waals surface area contributed by atoms with Gasteiger partial charge in [0, 0.05) is 0 Å². The summed E-state index contributed by atoms with van der Waals surface area (Å²) in [4.78, 5) is 12.0. The SMILES string of the molecule is CCCCC[C@H]1OC(=O)[C@H](C)[C@H](O)[C@H](O)[C@H]2CC[C@@H]1O2. The maximum atomic E-state index is 12.0. The molecule has 2 rings (SSSR count). The predicted octanol–water partition coefficient (Wildman–Crippen LogP) is 1.40. The molecule has 2 aliphatic rings. The predicted molar refractivity (Wildman–Crippen MR) is 73.1 cm³/mol. The second kappa shape index (κ2) is 6.87. The van der Waals surface area contributed by atoms with Crippen molar-refractivity contribution in [3.05, 3.63) is 0 Å². The van der Waals surface area contributed by atoms with Crippen LogP contribution in [0.4, 0.5) is 0 Å². The van der Waals surface area contributed by atoms with Crippen LogP contribution in [0.1, 0.15) is 52.4 Å². The Labute approximate surface area is 120 Å². The highest BCUT2D eigenvalue weighted by atomic mass is 16.6. The number of ether oxygens (including phenoxy) is 2. The first kappa shape index (κ1) is 15.7. The number of hydrogen-bond acceptors (Lipinski definition) is 5. The van der Waals surface area contributed by atoms with Gasteiger partial charge < -0.3 is 19.7 Å². The Bertz CT molecular complexity index is 332. The van der Waals surface area contributed by atoms with Crippen LogP contribution in [-0.4, -0.2) is 46.7 Å². The molecule has 5 heteroatoms. The summed E-state index contributed by atoms with van der Waals surface area (Å²) in [5, 5.41) is 20.1. The van der Waals surface area contributed by atoms with E-state index < -0.39 is 24.1 Å². The lowest BCUT2D eigenvalue weighted by molar-refractivity contribution is -0.162. The van der Waals surface area contributed by atoms with Crippen molar-refractivity contribution >= 4 is 5.97 Å². The van der Waals surface area contributed by atoms with Crippen LogP contribution < -0.4 is 0 Å². The van der Waals surface area contributed by atoms with Gasteiger partial charge in [0.25, 0.3) is 0 Å². The fraction of sp³-hybridized carbons (Fsp3) is 0.933. The van der Waals surface area contributed by atoms with Crippen molar-refractivity contribution in [2.24, 2.45) is 5.92 Å². The summed E-state index contributed by atoms with van der Waals surface area (Å²) >= 11 is 0. The van der Waals surface area contributed by atoms with Crippen molar-refractivity contribution < 1.29 is 24.5 Å². The Balaban J connectivity index is 2.08. The molecule has 0 aromatic rings. The Morgan fingerprint density at radius 3 is 2.55 bits per heavy atom. The zero-order valence-electron chi connectivity index (χ0n) is 12.3. The van der Waals surface area contributed by atoms with Gasteiger partial charge in [-0.2, -0.15) is 0 Å². The Morgan fingerprint density at radius 1 is 1.15 bits per heavy atom. The van der Waals surface area contributed by atoms with E-state index in [4.69, 9.17) is 9.47 Å². The third-order valence-electron chi connectivity index (χ3n) is 4.47. The molecule has 0 aliphatic carbocycles. The van der Waals surface area contributed by atoms with Gasteiger partial charge in [0.1, 0.15) is 12.2 Å². The molecule has 0 unspecified atom stereocenters. The molecule has 2 heterocycles. The van der Waals surface area contributed by atoms with Crippen molar-refractivity contribution in [3.8, 4) is 0 Å². The van der Waals surface area contributed by atoms with Gasteiger partial charge in [-0.3, -0.25) is 4.79 Å². The first-order valence-corrected chi connectivity index (χ1v) is 7.76. The maximum absolute atomic E-state index is 12.0. The van der Waals surface area contributed by atoms with Crippen LogP contribution in [0, 0.1) is 5.92 Å². The Hall–Kier alpha value is -0.650. The molecule has 2 bridgehead atoms. The molecule has 0 amide bonds. The molecule has 2 N–H and O–H groups in total. The van der Waals surface area contributed by atoms with Crippen molar-refractivity contribution in [2.45, 2.75) is 82.9 Å². The molecule has 2 saturated heterocycles. The van der Waals surface area contributed by atoms with E-state index >= 15 is 0 Å². The third-order valence-corrected chi connectivity index (χ3v) is 4.47. The second-order valence-corrected chi connectivity index (χ2v) is 6.03. The summed E-state index contributed by atoms with van der Waals surface area (Å²) in [5.41, 5.74) is 0. The van der Waals surface area contributed by atoms with E-state index in [9.17, 15) is 15.0 Å². The molecule has 6 atom stereocenters. The highest BCUT2D eigenvalue weighted by Crippen LogP contribution is 2.32. The van der Waals surface area contributed by atoms with E-state index in [-0.39, 0.29) is 18.3 Å². The van der Waals surface area contributed by atoms with Crippen LogP contribution >= 0.6 is 0 Å². The van der Waals surface area contributed by atoms with Crippen molar-refractivity contribution in [3.63, 3.8) is 0 Å². The summed E-state index contributed by atoms with van der Waals surface area (Å²) in [6.07, 6.45) is 2.55. The molecule has 2 fully saturated rings. The van der Waals surface area contributed by atoms with Gasteiger partial charge in [0.05, 0.1) is 24.2 Å². The van der Waals surface area contributed by atoms with E-state index in [1.807, 2.05) is 0 Å². The molecular weight excluding hydrogens is 260 g/mol. The highest BCUT2D eigenvalue weighted by Gasteiger charge is 2.44. The Kier molecular flexibility index (Phi) is 5.41. The first-order chi connectivity index (χ1) is 9.54. The minimum atomic E-state index is -1.12. The molecule has 0 spiro atoms. The first-order valence-electron chi connectivity index (χ1n) is 7.76. The number of fused-ring (bicyclic) bond motifs is 2. The lowest BCUT2D eigenvalue weighted by atomic mass is 9.93. The molecule has 0 saturated carbocycles. The fourth-order valence-electron chi connectivity index (χ4n) is 3.04. The molecule has 5 nitrogen and oxygen atoms in total. The van der Waals surface area contributed by atoms with Crippen LogP contribution in [0.3, 0.4) is 0 Å². The topological polar surface area (TPSA) is 76.0 Å². The average Bonchev–Trinajstić information content (AvgIpc) is 2.93. The number of carbonyl (C=O) groups is 1. The van der Waals surface area contributed by atoms with E-state index in [0.717, 1.165) is 32.1 Å². The summed E-state index contributed by atoms with van der Waals surface area (Å²) in [6, 6.07) is 0. The minimum absolute atomic E-state index is 0.145. The minimum Gasteiger partial charge on any atom is -0.459 e. The van der Waals surface area contributed by atoms with Gasteiger partial charge in [-0.1, -0.05) is 19.8 Å². The van der Waals surface area contributed by atoms with Gasteiger partial charge in [0.2, 0.25) is 0 Å². The smallest absolute Gasteiger partial charge is 0.311 e. The van der Waals surface area contributed by atoms with E-state index in [1.165, 1.54) is 0 Å². The molecule has 0 aromatic heterocycles. The van der Waals surface area contributed by atoms with Crippen molar-refractivity contribution in [1.82, 2.24) is 0 Å². The lowest BCUT2D eigenvalue weighted by Gasteiger charge is -2.25. The zero-order chi connectivity index (χ0) is 14.7. The van der Waals surface area contributed by atoms with Gasteiger partial charge in [-0.15, -0.1) is 0 Å². The Morgan fingerprint density at radius 2 is 1.85 bits per heavy atom. The monoisotopic (exact) mass is 286 g/mol. The zero-order valence-corrected chi connectivity index (χ0v) is 12.3. The summed E-state index contributed by atoms with van der Waals surface area (Å²) in [6.45, 7) is 3.73. The number of esters is 1. The average molecular weight is 286 g/mol. The van der Waals surface area contributed by atoms with Gasteiger partial charge in [-0.25, -0.2) is 0 Å². The van der Waals surface area contributed by atoms with Crippen LogP contribution in [-0.2, 0) is 14.3 Å². The molecule has 2 aliphatic heterocycles. The number of rotatable bonds is 4. The lowest BCUT2D eigenvalue weighted by Crippen LogP contribution is -2.43. The summed E-state index contributed by atoms with van der Waals surface area (Å²) < 4.78 is 11.4. The summed E-state index contributed by atoms with van der Waals surface area (Å²) in [7, 11) is 0. The summed E-state index contributed by atoms with van der Waals surface area (Å²) in [5.74, 6) is -1.16. The molecule has 0 radical (unpaired) electrons.